The van der Waals surface area contributed by atoms with Crippen molar-refractivity contribution in [1.82, 2.24) is 10.3 Å². The van der Waals surface area contributed by atoms with E-state index < -0.39 is 22.1 Å². The lowest BCUT2D eigenvalue weighted by atomic mass is 10.0. The minimum absolute atomic E-state index is 0.000192. The van der Waals surface area contributed by atoms with E-state index in [1.807, 2.05) is 13.8 Å². The molecule has 1 unspecified atom stereocenters. The van der Waals surface area contributed by atoms with Crippen LogP contribution in [-0.4, -0.2) is 45.9 Å². The van der Waals surface area contributed by atoms with Gasteiger partial charge in [-0.1, -0.05) is 26.0 Å². The van der Waals surface area contributed by atoms with E-state index in [0.717, 1.165) is 31.2 Å². The van der Waals surface area contributed by atoms with E-state index in [2.05, 4.69) is 15.0 Å². The Morgan fingerprint density at radius 3 is 2.26 bits per heavy atom. The van der Waals surface area contributed by atoms with Gasteiger partial charge in [-0.3, -0.25) is 4.72 Å². The number of nitrogens with zero attached hydrogens (tertiary/aromatic N) is 1. The molecule has 0 saturated carbocycles. The number of hydrogen-bond donors (Lipinski definition) is 2. The van der Waals surface area contributed by atoms with E-state index >= 15 is 0 Å². The number of rotatable bonds is 10. The highest BCUT2D eigenvalue weighted by molar-refractivity contribution is 7.92. The van der Waals surface area contributed by atoms with Gasteiger partial charge in [-0.15, -0.1) is 0 Å². The molecule has 0 bridgehead atoms. The van der Waals surface area contributed by atoms with Crippen LogP contribution < -0.4 is 19.5 Å². The summed E-state index contributed by atoms with van der Waals surface area (Å²) in [7, 11) is -2.74. The van der Waals surface area contributed by atoms with Gasteiger partial charge < -0.3 is 14.8 Å². The number of sulfonamides is 1. The molecule has 1 atom stereocenters. The molecule has 1 aromatic carbocycles. The topological polar surface area (TPSA) is 89.6 Å². The summed E-state index contributed by atoms with van der Waals surface area (Å²) in [6, 6.07) is 7.78. The molecule has 2 aromatic rings. The number of hydrogen-bond acceptors (Lipinski definition) is 6. The van der Waals surface area contributed by atoms with Crippen LogP contribution in [0.2, 0.25) is 0 Å². The van der Waals surface area contributed by atoms with Gasteiger partial charge in [-0.05, 0) is 30.7 Å². The van der Waals surface area contributed by atoms with E-state index in [1.54, 1.807) is 0 Å². The second kappa shape index (κ2) is 10.2. The Morgan fingerprint density at radius 1 is 1.06 bits per heavy atom. The Balaban J connectivity index is 2.13. The van der Waals surface area contributed by atoms with Crippen molar-refractivity contribution in [2.45, 2.75) is 43.8 Å². The largest absolute Gasteiger partial charge is 0.479 e. The van der Waals surface area contributed by atoms with Gasteiger partial charge >= 0.3 is 6.18 Å². The van der Waals surface area contributed by atoms with E-state index in [4.69, 9.17) is 9.47 Å². The van der Waals surface area contributed by atoms with E-state index in [0.29, 0.717) is 19.2 Å². The molecular formula is C20H26F3N3O4S. The first-order valence-electron chi connectivity index (χ1n) is 9.54. The molecule has 31 heavy (non-hydrogen) atoms. The van der Waals surface area contributed by atoms with Crippen molar-refractivity contribution in [2.75, 3.05) is 25.0 Å². The van der Waals surface area contributed by atoms with Gasteiger partial charge in [0.1, 0.15) is 12.3 Å². The zero-order valence-electron chi connectivity index (χ0n) is 17.7. The molecular weight excluding hydrogens is 435 g/mol. The quantitative estimate of drug-likeness (QED) is 0.521. The summed E-state index contributed by atoms with van der Waals surface area (Å²) in [5.41, 5.74) is 0.0436. The van der Waals surface area contributed by atoms with Crippen LogP contribution in [0, 0.1) is 0 Å². The molecule has 11 heteroatoms. The maximum Gasteiger partial charge on any atom is 0.395 e. The van der Waals surface area contributed by atoms with Crippen molar-refractivity contribution in [3.63, 3.8) is 0 Å². The SMILES string of the molecule is COc1nc(OCCNC(C)C)ccc1NS(=O)(=O)c1ccc(C(C)C(F)(F)F)cc1. The lowest BCUT2D eigenvalue weighted by Crippen LogP contribution is -2.27. The fourth-order valence-electron chi connectivity index (χ4n) is 2.57. The first-order valence-corrected chi connectivity index (χ1v) is 11.0. The number of benzene rings is 1. The fourth-order valence-corrected chi connectivity index (χ4v) is 3.63. The number of pyridine rings is 1. The first-order chi connectivity index (χ1) is 14.4. The zero-order chi connectivity index (χ0) is 23.2. The van der Waals surface area contributed by atoms with Crippen molar-refractivity contribution in [3.8, 4) is 11.8 Å². The molecule has 1 aromatic heterocycles. The predicted molar refractivity (Wildman–Crippen MR) is 111 cm³/mol. The maximum atomic E-state index is 12.8. The molecule has 0 aliphatic carbocycles. The van der Waals surface area contributed by atoms with Crippen LogP contribution in [0.3, 0.4) is 0 Å². The average Bonchev–Trinajstić information content (AvgIpc) is 2.70. The normalized spacial score (nSPS) is 13.2. The summed E-state index contributed by atoms with van der Waals surface area (Å²) in [6.07, 6.45) is -4.41. The number of nitrogens with one attached hydrogen (secondary N) is 2. The van der Waals surface area contributed by atoms with E-state index in [1.165, 1.54) is 19.2 Å². The summed E-state index contributed by atoms with van der Waals surface area (Å²) in [4.78, 5) is 3.94. The molecule has 0 aliphatic rings. The van der Waals surface area contributed by atoms with Crippen LogP contribution in [0.25, 0.3) is 0 Å². The minimum atomic E-state index is -4.41. The van der Waals surface area contributed by atoms with Crippen molar-refractivity contribution >= 4 is 15.7 Å². The van der Waals surface area contributed by atoms with Crippen LogP contribution in [-0.2, 0) is 10.0 Å². The first kappa shape index (κ1) is 24.7. The number of anilines is 1. The lowest BCUT2D eigenvalue weighted by Gasteiger charge is -2.16. The van der Waals surface area contributed by atoms with Gasteiger partial charge in [-0.25, -0.2) is 8.42 Å². The van der Waals surface area contributed by atoms with Crippen molar-refractivity contribution in [2.24, 2.45) is 0 Å². The standard InChI is InChI=1S/C20H26F3N3O4S/c1-13(2)24-11-12-30-18-10-9-17(19(25-18)29-4)26-31(27,28)16-7-5-15(6-8-16)14(3)20(21,22)23/h5-10,13-14,24,26H,11-12H2,1-4H3. The highest BCUT2D eigenvalue weighted by Gasteiger charge is 2.37. The second-order valence-electron chi connectivity index (χ2n) is 7.10. The molecule has 1 heterocycles. The summed E-state index contributed by atoms with van der Waals surface area (Å²) in [5, 5.41) is 3.19. The highest BCUT2D eigenvalue weighted by Crippen LogP contribution is 2.34. The third kappa shape index (κ3) is 7.00. The number of aromatic nitrogens is 1. The van der Waals surface area contributed by atoms with E-state index in [-0.39, 0.29) is 27.9 Å². The van der Waals surface area contributed by atoms with Gasteiger partial charge in [0.25, 0.3) is 10.0 Å². The molecule has 0 amide bonds. The minimum Gasteiger partial charge on any atom is -0.479 e. The average molecular weight is 462 g/mol. The predicted octanol–water partition coefficient (Wildman–Crippen LogP) is 3.93. The smallest absolute Gasteiger partial charge is 0.395 e. The lowest BCUT2D eigenvalue weighted by molar-refractivity contribution is -0.146. The Hall–Kier alpha value is -2.53. The van der Waals surface area contributed by atoms with Gasteiger partial charge in [0.15, 0.2) is 0 Å². The van der Waals surface area contributed by atoms with Gasteiger partial charge in [0.05, 0.1) is 17.9 Å². The van der Waals surface area contributed by atoms with Gasteiger partial charge in [0.2, 0.25) is 11.8 Å². The van der Waals surface area contributed by atoms with E-state index in [9.17, 15) is 21.6 Å². The molecule has 2 N–H and O–H groups in total. The maximum absolute atomic E-state index is 12.8. The third-order valence-electron chi connectivity index (χ3n) is 4.36. The Morgan fingerprint density at radius 2 is 1.71 bits per heavy atom. The zero-order valence-corrected chi connectivity index (χ0v) is 18.5. The summed E-state index contributed by atoms with van der Waals surface area (Å²) >= 11 is 0. The summed E-state index contributed by atoms with van der Waals surface area (Å²) in [5.74, 6) is -1.44. The Labute approximate surface area is 180 Å². The van der Waals surface area contributed by atoms with Crippen LogP contribution in [0.5, 0.6) is 11.8 Å². The highest BCUT2D eigenvalue weighted by atomic mass is 32.2. The molecule has 0 fully saturated rings. The van der Waals surface area contributed by atoms with Crippen LogP contribution in [0.4, 0.5) is 18.9 Å². The summed E-state index contributed by atoms with van der Waals surface area (Å²) in [6.45, 7) is 6.00. The number of ether oxygens (including phenoxy) is 2. The number of methoxy groups -OCH3 is 1. The molecule has 7 nitrogen and oxygen atoms in total. The number of halogens is 3. The second-order valence-corrected chi connectivity index (χ2v) is 8.78. The molecule has 0 aliphatic heterocycles. The monoisotopic (exact) mass is 461 g/mol. The molecule has 0 radical (unpaired) electrons. The molecule has 0 spiro atoms. The summed E-state index contributed by atoms with van der Waals surface area (Å²) < 4.78 is 76.8. The van der Waals surface area contributed by atoms with Crippen molar-refractivity contribution < 1.29 is 31.1 Å². The molecule has 0 saturated heterocycles. The fraction of sp³-hybridized carbons (Fsp3) is 0.450. The molecule has 172 valence electrons. The van der Waals surface area contributed by atoms with Crippen molar-refractivity contribution in [3.05, 3.63) is 42.0 Å². The third-order valence-corrected chi connectivity index (χ3v) is 5.74. The van der Waals surface area contributed by atoms with Gasteiger partial charge in [-0.2, -0.15) is 18.2 Å². The van der Waals surface area contributed by atoms with Crippen LogP contribution >= 0.6 is 0 Å². The van der Waals surface area contributed by atoms with Gasteiger partial charge in [0, 0.05) is 18.7 Å². The Kier molecular flexibility index (Phi) is 8.13. The van der Waals surface area contributed by atoms with Crippen LogP contribution in [0.1, 0.15) is 32.3 Å². The van der Waals surface area contributed by atoms with Crippen LogP contribution in [0.15, 0.2) is 41.3 Å². The number of alkyl halides is 3. The van der Waals surface area contributed by atoms with Crippen molar-refractivity contribution in [1.29, 1.82) is 0 Å². The Bertz CT molecular complexity index is 965. The molecule has 2 rings (SSSR count).